The monoisotopic (exact) mass is 310 g/mol. The molecule has 3 rings (SSSR count). The summed E-state index contributed by atoms with van der Waals surface area (Å²) in [5.74, 6) is 0. The first kappa shape index (κ1) is 10.8. The Kier molecular flexibility index (Phi) is 2.84. The first-order valence-electron chi connectivity index (χ1n) is 5.11. The summed E-state index contributed by atoms with van der Waals surface area (Å²) in [5.41, 5.74) is 9.72. The minimum atomic E-state index is 0.0159. The van der Waals surface area contributed by atoms with Crippen LogP contribution in [0, 0.1) is 0 Å². The van der Waals surface area contributed by atoms with Crippen molar-refractivity contribution in [2.24, 2.45) is 0 Å². The maximum atomic E-state index is 5.85. The van der Waals surface area contributed by atoms with E-state index in [-0.39, 0.29) is 15.0 Å². The SMILES string of the molecule is Nc1ccsc1CNc1cccc2n[se]nc12. The van der Waals surface area contributed by atoms with Gasteiger partial charge in [0.1, 0.15) is 0 Å². The van der Waals surface area contributed by atoms with Crippen LogP contribution < -0.4 is 11.1 Å². The van der Waals surface area contributed by atoms with Gasteiger partial charge in [-0.2, -0.15) is 0 Å². The quantitative estimate of drug-likeness (QED) is 0.726. The second-order valence-corrected chi connectivity index (χ2v) is 5.70. The molecule has 2 heterocycles. The van der Waals surface area contributed by atoms with Crippen LogP contribution >= 0.6 is 11.3 Å². The van der Waals surface area contributed by atoms with Crippen LogP contribution in [0.2, 0.25) is 0 Å². The van der Waals surface area contributed by atoms with Crippen molar-refractivity contribution in [3.8, 4) is 0 Å². The standard InChI is InChI=1S/C11H10N4SSe/c12-7-4-5-16-10(7)6-13-8-2-1-3-9-11(8)15-17-14-9/h1-5,13H,6,12H2. The molecule has 0 spiro atoms. The van der Waals surface area contributed by atoms with E-state index in [1.165, 1.54) is 0 Å². The topological polar surface area (TPSA) is 63.8 Å². The first-order valence-corrected chi connectivity index (χ1v) is 7.53. The Bertz CT molecular complexity index is 646. The fraction of sp³-hybridized carbons (Fsp3) is 0.0909. The van der Waals surface area contributed by atoms with E-state index in [4.69, 9.17) is 5.73 Å². The number of rotatable bonds is 3. The van der Waals surface area contributed by atoms with Crippen molar-refractivity contribution in [3.63, 3.8) is 0 Å². The Hall–Kier alpha value is -1.36. The Balaban J connectivity index is 1.86. The summed E-state index contributed by atoms with van der Waals surface area (Å²) in [6.45, 7) is 0.739. The molecule has 3 N–H and O–H groups in total. The Labute approximate surface area is 109 Å². The number of nitrogens with one attached hydrogen (secondary N) is 1. The number of nitrogen functional groups attached to an aromatic ring is 1. The van der Waals surface area contributed by atoms with E-state index in [9.17, 15) is 0 Å². The van der Waals surface area contributed by atoms with E-state index >= 15 is 0 Å². The van der Waals surface area contributed by atoms with Gasteiger partial charge in [-0.1, -0.05) is 0 Å². The van der Waals surface area contributed by atoms with Gasteiger partial charge in [0.25, 0.3) is 0 Å². The Morgan fingerprint density at radius 2 is 2.24 bits per heavy atom. The zero-order valence-electron chi connectivity index (χ0n) is 8.88. The van der Waals surface area contributed by atoms with E-state index in [1.54, 1.807) is 11.3 Å². The zero-order chi connectivity index (χ0) is 11.7. The third-order valence-electron chi connectivity index (χ3n) is 2.51. The van der Waals surface area contributed by atoms with Crippen LogP contribution in [0.4, 0.5) is 11.4 Å². The number of anilines is 2. The van der Waals surface area contributed by atoms with E-state index in [0.29, 0.717) is 0 Å². The number of hydrogen-bond donors (Lipinski definition) is 2. The van der Waals surface area contributed by atoms with Crippen molar-refractivity contribution < 1.29 is 0 Å². The van der Waals surface area contributed by atoms with Crippen molar-refractivity contribution in [2.75, 3.05) is 11.1 Å². The van der Waals surface area contributed by atoms with Crippen LogP contribution in [-0.2, 0) is 6.54 Å². The molecule has 1 aromatic carbocycles. The molecule has 0 unspecified atom stereocenters. The Morgan fingerprint density at radius 3 is 3.06 bits per heavy atom. The van der Waals surface area contributed by atoms with Gasteiger partial charge in [-0.15, -0.1) is 0 Å². The summed E-state index contributed by atoms with van der Waals surface area (Å²) in [6, 6.07) is 7.96. The first-order chi connectivity index (χ1) is 8.34. The molecule has 0 atom stereocenters. The molecule has 0 amide bonds. The molecular weight excluding hydrogens is 299 g/mol. The molecule has 4 nitrogen and oxygen atoms in total. The number of thiophene rings is 1. The van der Waals surface area contributed by atoms with Crippen LogP contribution in [-0.4, -0.2) is 22.9 Å². The van der Waals surface area contributed by atoms with Gasteiger partial charge in [0.05, 0.1) is 0 Å². The van der Waals surface area contributed by atoms with E-state index < -0.39 is 0 Å². The third kappa shape index (κ3) is 2.07. The van der Waals surface area contributed by atoms with E-state index in [2.05, 4.69) is 13.3 Å². The fourth-order valence-corrected chi connectivity index (χ4v) is 3.51. The molecule has 0 saturated carbocycles. The van der Waals surface area contributed by atoms with E-state index in [0.717, 1.165) is 33.8 Å². The Morgan fingerprint density at radius 1 is 1.29 bits per heavy atom. The summed E-state index contributed by atoms with van der Waals surface area (Å²) in [5, 5.41) is 5.38. The molecule has 0 radical (unpaired) electrons. The molecule has 0 aliphatic rings. The number of aromatic nitrogens is 2. The summed E-state index contributed by atoms with van der Waals surface area (Å²) in [7, 11) is 0. The fourth-order valence-electron chi connectivity index (χ4n) is 1.62. The third-order valence-corrected chi connectivity index (χ3v) is 4.58. The summed E-state index contributed by atoms with van der Waals surface area (Å²) in [6.07, 6.45) is 0. The van der Waals surface area contributed by atoms with Gasteiger partial charge in [0.2, 0.25) is 0 Å². The average molecular weight is 309 g/mol. The van der Waals surface area contributed by atoms with Gasteiger partial charge < -0.3 is 0 Å². The van der Waals surface area contributed by atoms with Crippen LogP contribution in [0.5, 0.6) is 0 Å². The normalized spacial score (nSPS) is 10.8. The molecule has 86 valence electrons. The molecular formula is C11H10N4SSe. The molecule has 2 aromatic heterocycles. The number of fused-ring (bicyclic) bond motifs is 1. The number of nitrogens with zero attached hydrogens (tertiary/aromatic N) is 2. The van der Waals surface area contributed by atoms with Crippen molar-refractivity contribution in [3.05, 3.63) is 34.5 Å². The van der Waals surface area contributed by atoms with Gasteiger partial charge in [-0.3, -0.25) is 0 Å². The summed E-state index contributed by atoms with van der Waals surface area (Å²) >= 11 is 1.68. The molecule has 0 fully saturated rings. The van der Waals surface area contributed by atoms with Gasteiger partial charge in [0, 0.05) is 0 Å². The van der Waals surface area contributed by atoms with Crippen molar-refractivity contribution in [1.29, 1.82) is 0 Å². The molecule has 0 aliphatic heterocycles. The van der Waals surface area contributed by atoms with Gasteiger partial charge in [-0.25, -0.2) is 0 Å². The number of benzene rings is 1. The molecule has 3 aromatic rings. The minimum absolute atomic E-state index is 0.0159. The van der Waals surface area contributed by atoms with E-state index in [1.807, 2.05) is 29.6 Å². The van der Waals surface area contributed by atoms with Gasteiger partial charge in [0.15, 0.2) is 0 Å². The van der Waals surface area contributed by atoms with Crippen LogP contribution in [0.1, 0.15) is 4.88 Å². The average Bonchev–Trinajstić information content (AvgIpc) is 2.95. The summed E-state index contributed by atoms with van der Waals surface area (Å²) in [4.78, 5) is 1.16. The summed E-state index contributed by atoms with van der Waals surface area (Å²) < 4.78 is 8.78. The second-order valence-electron chi connectivity index (χ2n) is 3.59. The van der Waals surface area contributed by atoms with Crippen LogP contribution in [0.3, 0.4) is 0 Å². The molecule has 17 heavy (non-hydrogen) atoms. The number of nitrogens with two attached hydrogens (primary N) is 1. The van der Waals surface area contributed by atoms with Crippen molar-refractivity contribution in [1.82, 2.24) is 7.96 Å². The van der Waals surface area contributed by atoms with Gasteiger partial charge >= 0.3 is 109 Å². The second kappa shape index (κ2) is 4.49. The van der Waals surface area contributed by atoms with Crippen molar-refractivity contribution in [2.45, 2.75) is 6.54 Å². The predicted molar refractivity (Wildman–Crippen MR) is 72.5 cm³/mol. The van der Waals surface area contributed by atoms with Crippen LogP contribution in [0.15, 0.2) is 29.6 Å². The van der Waals surface area contributed by atoms with Crippen LogP contribution in [0.25, 0.3) is 11.0 Å². The molecule has 0 bridgehead atoms. The predicted octanol–water partition coefficient (Wildman–Crippen LogP) is 1.94. The zero-order valence-corrected chi connectivity index (χ0v) is 11.4. The molecule has 0 aliphatic carbocycles. The number of hydrogen-bond acceptors (Lipinski definition) is 5. The van der Waals surface area contributed by atoms with Gasteiger partial charge in [-0.05, 0) is 0 Å². The maximum absolute atomic E-state index is 5.85. The molecule has 0 saturated heterocycles. The van der Waals surface area contributed by atoms with Crippen molar-refractivity contribution >= 4 is 48.7 Å². The molecule has 6 heteroatoms.